The summed E-state index contributed by atoms with van der Waals surface area (Å²) in [4.78, 5) is 11.6. The Hall–Kier alpha value is -1.28. The molecule has 0 saturated carbocycles. The maximum absolute atomic E-state index is 12.8. The maximum Gasteiger partial charge on any atom is 0.329 e. The molecule has 0 aliphatic rings. The Bertz CT molecular complexity index is 563. The molecular weight excluding hydrogens is 297 g/mol. The second-order valence-electron chi connectivity index (χ2n) is 6.43. The lowest BCUT2D eigenvalue weighted by molar-refractivity contribution is -0.142. The average molecular weight is 325 g/mol. The van der Waals surface area contributed by atoms with E-state index in [1.807, 2.05) is 52.0 Å². The molecule has 1 rings (SSSR count). The van der Waals surface area contributed by atoms with Gasteiger partial charge < -0.3 is 15.0 Å². The van der Waals surface area contributed by atoms with E-state index in [0.29, 0.717) is 24.4 Å². The highest BCUT2D eigenvalue weighted by molar-refractivity contribution is 7.71. The zero-order valence-corrected chi connectivity index (χ0v) is 15.1. The SMILES string of the molecule is CCP(=O)(CC)c1cccc(NC(C)(CC(C)C)C(=O)O)c1. The Morgan fingerprint density at radius 2 is 1.91 bits per heavy atom. The van der Waals surface area contributed by atoms with Gasteiger partial charge in [-0.15, -0.1) is 0 Å². The lowest BCUT2D eigenvalue weighted by atomic mass is 9.90. The zero-order valence-electron chi connectivity index (χ0n) is 14.2. The number of anilines is 1. The van der Waals surface area contributed by atoms with Gasteiger partial charge in [0.05, 0.1) is 0 Å². The predicted molar refractivity (Wildman–Crippen MR) is 93.9 cm³/mol. The molecule has 0 heterocycles. The Balaban J connectivity index is 3.13. The van der Waals surface area contributed by atoms with Crippen LogP contribution in [0.1, 0.15) is 41.0 Å². The van der Waals surface area contributed by atoms with Gasteiger partial charge in [0, 0.05) is 23.3 Å². The molecule has 0 amide bonds. The summed E-state index contributed by atoms with van der Waals surface area (Å²) in [6.45, 7) is 9.57. The van der Waals surface area contributed by atoms with Gasteiger partial charge in [-0.05, 0) is 31.4 Å². The second-order valence-corrected chi connectivity index (χ2v) is 9.99. The normalized spacial score (nSPS) is 14.6. The Morgan fingerprint density at radius 3 is 2.36 bits per heavy atom. The summed E-state index contributed by atoms with van der Waals surface area (Å²) < 4.78 is 12.8. The minimum absolute atomic E-state index is 0.258. The number of rotatable bonds is 8. The van der Waals surface area contributed by atoms with Crippen LogP contribution in [0.25, 0.3) is 0 Å². The first-order chi connectivity index (χ1) is 10.2. The van der Waals surface area contributed by atoms with Crippen molar-refractivity contribution in [2.75, 3.05) is 17.6 Å². The molecule has 124 valence electrons. The minimum atomic E-state index is -2.36. The molecule has 0 bridgehead atoms. The first kappa shape index (κ1) is 18.8. The van der Waals surface area contributed by atoms with Gasteiger partial charge in [-0.1, -0.05) is 39.8 Å². The van der Waals surface area contributed by atoms with Gasteiger partial charge in [0.2, 0.25) is 0 Å². The fourth-order valence-electron chi connectivity index (χ4n) is 2.75. The largest absolute Gasteiger partial charge is 0.480 e. The van der Waals surface area contributed by atoms with Gasteiger partial charge in [-0.2, -0.15) is 0 Å². The van der Waals surface area contributed by atoms with Gasteiger partial charge in [0.1, 0.15) is 12.7 Å². The molecule has 1 atom stereocenters. The summed E-state index contributed by atoms with van der Waals surface area (Å²) in [5.41, 5.74) is -0.319. The first-order valence-electron chi connectivity index (χ1n) is 7.87. The van der Waals surface area contributed by atoms with Crippen LogP contribution in [-0.2, 0) is 9.36 Å². The van der Waals surface area contributed by atoms with Crippen molar-refractivity contribution in [1.29, 1.82) is 0 Å². The summed E-state index contributed by atoms with van der Waals surface area (Å²) in [5.74, 6) is -0.616. The third-order valence-corrected chi connectivity index (χ3v) is 7.31. The van der Waals surface area contributed by atoms with E-state index in [0.717, 1.165) is 5.30 Å². The van der Waals surface area contributed by atoms with Crippen LogP contribution >= 0.6 is 7.14 Å². The lowest BCUT2D eigenvalue weighted by Crippen LogP contribution is -2.44. The molecule has 2 N–H and O–H groups in total. The smallest absolute Gasteiger partial charge is 0.329 e. The van der Waals surface area contributed by atoms with E-state index in [1.165, 1.54) is 0 Å². The van der Waals surface area contributed by atoms with Crippen LogP contribution in [0.4, 0.5) is 5.69 Å². The standard InChI is InChI=1S/C17H28NO3P/c1-6-22(21,7-2)15-10-8-9-14(11-15)18-17(5,16(19)20)12-13(3)4/h8-11,13,18H,6-7,12H2,1-5H3,(H,19,20). The minimum Gasteiger partial charge on any atom is -0.480 e. The van der Waals surface area contributed by atoms with Crippen LogP contribution < -0.4 is 10.6 Å². The number of carboxylic acids is 1. The van der Waals surface area contributed by atoms with Crippen LogP contribution in [-0.4, -0.2) is 28.9 Å². The molecular formula is C17H28NO3P. The lowest BCUT2D eigenvalue weighted by Gasteiger charge is -2.29. The summed E-state index contributed by atoms with van der Waals surface area (Å²) in [6.07, 6.45) is 1.76. The summed E-state index contributed by atoms with van der Waals surface area (Å²) in [6, 6.07) is 7.39. The van der Waals surface area contributed by atoms with Crippen molar-refractivity contribution in [3.8, 4) is 0 Å². The van der Waals surface area contributed by atoms with E-state index < -0.39 is 18.7 Å². The molecule has 0 saturated heterocycles. The van der Waals surface area contributed by atoms with Crippen molar-refractivity contribution < 1.29 is 14.5 Å². The van der Waals surface area contributed by atoms with Crippen LogP contribution in [0.5, 0.6) is 0 Å². The monoisotopic (exact) mass is 325 g/mol. The van der Waals surface area contributed by atoms with Crippen molar-refractivity contribution in [1.82, 2.24) is 0 Å². The third-order valence-electron chi connectivity index (χ3n) is 4.05. The molecule has 0 aromatic heterocycles. The van der Waals surface area contributed by atoms with Gasteiger partial charge in [0.15, 0.2) is 0 Å². The molecule has 1 aromatic carbocycles. The van der Waals surface area contributed by atoms with Crippen LogP contribution in [0.3, 0.4) is 0 Å². The van der Waals surface area contributed by atoms with Crippen molar-refractivity contribution in [3.05, 3.63) is 24.3 Å². The first-order valence-corrected chi connectivity index (χ1v) is 9.95. The van der Waals surface area contributed by atoms with Gasteiger partial charge in [-0.25, -0.2) is 4.79 Å². The van der Waals surface area contributed by atoms with Gasteiger partial charge >= 0.3 is 5.97 Å². The molecule has 0 fully saturated rings. The number of carboxylic acid groups (broad SMARTS) is 1. The molecule has 1 aromatic rings. The van der Waals surface area contributed by atoms with E-state index >= 15 is 0 Å². The molecule has 5 heteroatoms. The van der Waals surface area contributed by atoms with E-state index in [-0.39, 0.29) is 5.92 Å². The van der Waals surface area contributed by atoms with Crippen LogP contribution in [0.15, 0.2) is 24.3 Å². The Morgan fingerprint density at radius 1 is 1.32 bits per heavy atom. The van der Waals surface area contributed by atoms with Gasteiger partial charge in [0.25, 0.3) is 0 Å². The van der Waals surface area contributed by atoms with Crippen LogP contribution in [0.2, 0.25) is 0 Å². The van der Waals surface area contributed by atoms with Crippen molar-refractivity contribution in [3.63, 3.8) is 0 Å². The number of aliphatic carboxylic acids is 1. The second kappa shape index (κ2) is 7.32. The number of nitrogens with one attached hydrogen (secondary N) is 1. The maximum atomic E-state index is 12.8. The molecule has 1 unspecified atom stereocenters. The summed E-state index contributed by atoms with van der Waals surface area (Å²) in [5, 5.41) is 13.5. The average Bonchev–Trinajstić information content (AvgIpc) is 2.45. The van der Waals surface area contributed by atoms with Gasteiger partial charge in [-0.3, -0.25) is 0 Å². The van der Waals surface area contributed by atoms with Crippen molar-refractivity contribution in [2.24, 2.45) is 5.92 Å². The van der Waals surface area contributed by atoms with E-state index in [9.17, 15) is 14.5 Å². The summed E-state index contributed by atoms with van der Waals surface area (Å²) in [7, 11) is -2.36. The Labute approximate surface area is 133 Å². The third kappa shape index (κ3) is 4.36. The highest BCUT2D eigenvalue weighted by Crippen LogP contribution is 2.43. The molecule has 22 heavy (non-hydrogen) atoms. The molecule has 0 aliphatic carbocycles. The number of hydrogen-bond acceptors (Lipinski definition) is 3. The van der Waals surface area contributed by atoms with Crippen molar-refractivity contribution >= 4 is 24.1 Å². The fourth-order valence-corrected chi connectivity index (χ4v) is 4.66. The predicted octanol–water partition coefficient (Wildman–Crippen LogP) is 4.02. The van der Waals surface area contributed by atoms with E-state index in [4.69, 9.17) is 0 Å². The number of hydrogen-bond donors (Lipinski definition) is 2. The molecule has 0 spiro atoms. The topological polar surface area (TPSA) is 66.4 Å². The van der Waals surface area contributed by atoms with Crippen LogP contribution in [0, 0.1) is 5.92 Å². The highest BCUT2D eigenvalue weighted by atomic mass is 31.2. The number of benzene rings is 1. The molecule has 4 nitrogen and oxygen atoms in total. The fraction of sp³-hybridized carbons (Fsp3) is 0.588. The molecule has 0 aliphatic heterocycles. The highest BCUT2D eigenvalue weighted by Gasteiger charge is 2.34. The zero-order chi connectivity index (χ0) is 17.0. The van der Waals surface area contributed by atoms with E-state index in [2.05, 4.69) is 5.32 Å². The Kier molecular flexibility index (Phi) is 6.25. The van der Waals surface area contributed by atoms with Crippen molar-refractivity contribution in [2.45, 2.75) is 46.6 Å². The summed E-state index contributed by atoms with van der Waals surface area (Å²) >= 11 is 0. The number of carbonyl (C=O) groups is 1. The quantitative estimate of drug-likeness (QED) is 0.709. The molecule has 0 radical (unpaired) electrons. The van der Waals surface area contributed by atoms with E-state index in [1.54, 1.807) is 6.92 Å².